The number of sulfone groups is 1. The minimum Gasteiger partial charge on any atom is -0.357 e. The number of aliphatic imine (C=N–C) groups is 1. The fourth-order valence-electron chi connectivity index (χ4n) is 2.77. The molecule has 1 heterocycles. The topological polar surface area (TPSA) is 61.8 Å². The van der Waals surface area contributed by atoms with Crippen molar-refractivity contribution in [1.29, 1.82) is 0 Å². The summed E-state index contributed by atoms with van der Waals surface area (Å²) in [5.41, 5.74) is 0.279. The molecule has 1 saturated heterocycles. The lowest BCUT2D eigenvalue weighted by Gasteiger charge is -2.39. The van der Waals surface area contributed by atoms with Crippen molar-refractivity contribution in [2.24, 2.45) is 4.99 Å². The normalized spacial score (nSPS) is 19.7. The minimum atomic E-state index is -3.13. The van der Waals surface area contributed by atoms with Crippen LogP contribution in [0.2, 0.25) is 0 Å². The summed E-state index contributed by atoms with van der Waals surface area (Å²) in [4.78, 5) is 6.37. The quantitative estimate of drug-likeness (QED) is 0.648. The Morgan fingerprint density at radius 1 is 1.36 bits per heavy atom. The Morgan fingerprint density at radius 3 is 2.72 bits per heavy atom. The molecule has 1 aromatic rings. The summed E-state index contributed by atoms with van der Waals surface area (Å²) in [6.45, 7) is 6.97. The first-order valence-corrected chi connectivity index (χ1v) is 10.0. The molecule has 1 aromatic carbocycles. The van der Waals surface area contributed by atoms with Gasteiger partial charge in [0.2, 0.25) is 0 Å². The van der Waals surface area contributed by atoms with Crippen LogP contribution in [-0.2, 0) is 16.3 Å². The van der Waals surface area contributed by atoms with E-state index in [-0.39, 0.29) is 24.3 Å². The second kappa shape index (κ2) is 7.68. The maximum Gasteiger partial charge on any atom is 0.194 e. The van der Waals surface area contributed by atoms with Crippen molar-refractivity contribution in [2.45, 2.75) is 31.9 Å². The summed E-state index contributed by atoms with van der Waals surface area (Å²) in [6.07, 6.45) is 0.272. The van der Waals surface area contributed by atoms with Crippen LogP contribution >= 0.6 is 0 Å². The largest absolute Gasteiger partial charge is 0.357 e. The van der Waals surface area contributed by atoms with Gasteiger partial charge in [-0.25, -0.2) is 17.2 Å². The van der Waals surface area contributed by atoms with Gasteiger partial charge in [-0.3, -0.25) is 4.99 Å². The van der Waals surface area contributed by atoms with Gasteiger partial charge in [0.1, 0.15) is 0 Å². The second-order valence-electron chi connectivity index (χ2n) is 6.70. The average molecular weight is 373 g/mol. The molecular formula is C17H25F2N3O2S. The van der Waals surface area contributed by atoms with Crippen LogP contribution in [0, 0.1) is 11.6 Å². The first kappa shape index (κ1) is 19.6. The Hall–Kier alpha value is -1.70. The zero-order valence-corrected chi connectivity index (χ0v) is 15.7. The number of rotatable bonds is 4. The maximum absolute atomic E-state index is 13.7. The van der Waals surface area contributed by atoms with Crippen LogP contribution in [0.3, 0.4) is 0 Å². The molecule has 0 aromatic heterocycles. The lowest BCUT2D eigenvalue weighted by molar-refractivity contribution is 0.353. The van der Waals surface area contributed by atoms with Gasteiger partial charge in [0.05, 0.1) is 10.5 Å². The van der Waals surface area contributed by atoms with E-state index in [0.717, 1.165) is 6.07 Å². The van der Waals surface area contributed by atoms with Crippen LogP contribution in [0.4, 0.5) is 8.78 Å². The number of benzene rings is 1. The van der Waals surface area contributed by atoms with Gasteiger partial charge in [-0.1, -0.05) is 12.1 Å². The molecule has 140 valence electrons. The second-order valence-corrected chi connectivity index (χ2v) is 9.44. The Balaban J connectivity index is 2.10. The molecule has 0 spiro atoms. The Labute approximate surface area is 148 Å². The van der Waals surface area contributed by atoms with E-state index in [1.54, 1.807) is 13.8 Å². The summed E-state index contributed by atoms with van der Waals surface area (Å²) < 4.78 is 50.4. The molecule has 1 aliphatic heterocycles. The highest BCUT2D eigenvalue weighted by molar-refractivity contribution is 7.92. The van der Waals surface area contributed by atoms with E-state index in [1.165, 1.54) is 12.1 Å². The van der Waals surface area contributed by atoms with E-state index in [2.05, 4.69) is 10.3 Å². The SMILES string of the molecule is CCNC(=NCCc1cccc(F)c1F)N1CCS(=O)(=O)C(C)(C)C1. The Bertz CT molecular complexity index is 748. The first-order valence-electron chi connectivity index (χ1n) is 8.36. The molecule has 0 radical (unpaired) electrons. The molecule has 0 bridgehead atoms. The van der Waals surface area contributed by atoms with Crippen LogP contribution in [-0.4, -0.2) is 56.0 Å². The van der Waals surface area contributed by atoms with Crippen LogP contribution in [0.1, 0.15) is 26.3 Å². The van der Waals surface area contributed by atoms with Gasteiger partial charge < -0.3 is 10.2 Å². The number of nitrogens with one attached hydrogen (secondary N) is 1. The Kier molecular flexibility index (Phi) is 6.03. The third-order valence-corrected chi connectivity index (χ3v) is 6.89. The summed E-state index contributed by atoms with van der Waals surface area (Å²) >= 11 is 0. The lowest BCUT2D eigenvalue weighted by atomic mass is 10.1. The monoisotopic (exact) mass is 373 g/mol. The van der Waals surface area contributed by atoms with Crippen molar-refractivity contribution < 1.29 is 17.2 Å². The minimum absolute atomic E-state index is 0.0724. The predicted octanol–water partition coefficient (Wildman–Crippen LogP) is 1.98. The molecule has 0 unspecified atom stereocenters. The van der Waals surface area contributed by atoms with Crippen molar-refractivity contribution in [3.05, 3.63) is 35.4 Å². The fourth-order valence-corrected chi connectivity index (χ4v) is 4.14. The molecule has 1 N–H and O–H groups in total. The lowest BCUT2D eigenvalue weighted by Crippen LogP contribution is -2.57. The van der Waals surface area contributed by atoms with E-state index >= 15 is 0 Å². The highest BCUT2D eigenvalue weighted by Crippen LogP contribution is 2.23. The highest BCUT2D eigenvalue weighted by atomic mass is 32.2. The van der Waals surface area contributed by atoms with E-state index in [9.17, 15) is 17.2 Å². The molecule has 8 heteroatoms. The molecule has 1 fully saturated rings. The van der Waals surface area contributed by atoms with Gasteiger partial charge in [0, 0.05) is 26.2 Å². The van der Waals surface area contributed by atoms with Crippen molar-refractivity contribution in [2.75, 3.05) is 31.9 Å². The molecule has 1 aliphatic rings. The third-order valence-electron chi connectivity index (χ3n) is 4.35. The zero-order valence-electron chi connectivity index (χ0n) is 14.8. The number of nitrogens with zero attached hydrogens (tertiary/aromatic N) is 2. The molecule has 0 amide bonds. The van der Waals surface area contributed by atoms with Crippen molar-refractivity contribution in [3.63, 3.8) is 0 Å². The number of guanidine groups is 1. The standard InChI is InChI=1S/C17H25F2N3O2S/c1-4-20-16(22-10-11-25(23,24)17(2,3)12-22)21-9-8-13-6-5-7-14(18)15(13)19/h5-7H,4,8-12H2,1-3H3,(H,20,21). The van der Waals surface area contributed by atoms with Gasteiger partial charge >= 0.3 is 0 Å². The number of hydrogen-bond donors (Lipinski definition) is 1. The molecule has 25 heavy (non-hydrogen) atoms. The molecular weight excluding hydrogens is 348 g/mol. The summed E-state index contributed by atoms with van der Waals surface area (Å²) in [6, 6.07) is 4.10. The summed E-state index contributed by atoms with van der Waals surface area (Å²) in [5.74, 6) is -1.03. The van der Waals surface area contributed by atoms with Crippen molar-refractivity contribution >= 4 is 15.8 Å². The van der Waals surface area contributed by atoms with E-state index in [4.69, 9.17) is 0 Å². The molecule has 0 atom stereocenters. The molecule has 0 aliphatic carbocycles. The number of halogens is 2. The fraction of sp³-hybridized carbons (Fsp3) is 0.588. The first-order chi connectivity index (χ1) is 11.7. The van der Waals surface area contributed by atoms with Crippen molar-refractivity contribution in [1.82, 2.24) is 10.2 Å². The smallest absolute Gasteiger partial charge is 0.194 e. The van der Waals surface area contributed by atoms with E-state index in [0.29, 0.717) is 25.6 Å². The van der Waals surface area contributed by atoms with Gasteiger partial charge in [0.25, 0.3) is 0 Å². The summed E-state index contributed by atoms with van der Waals surface area (Å²) in [5, 5.41) is 3.14. The van der Waals surface area contributed by atoms with Gasteiger partial charge in [-0.15, -0.1) is 0 Å². The summed E-state index contributed by atoms with van der Waals surface area (Å²) in [7, 11) is -3.13. The number of hydrogen-bond acceptors (Lipinski definition) is 3. The third kappa shape index (κ3) is 4.48. The van der Waals surface area contributed by atoms with Gasteiger partial charge in [0.15, 0.2) is 27.4 Å². The predicted molar refractivity (Wildman–Crippen MR) is 95.5 cm³/mol. The molecule has 2 rings (SSSR count). The maximum atomic E-state index is 13.7. The molecule has 0 saturated carbocycles. The van der Waals surface area contributed by atoms with Crippen LogP contribution in [0.15, 0.2) is 23.2 Å². The Morgan fingerprint density at radius 2 is 2.08 bits per heavy atom. The highest BCUT2D eigenvalue weighted by Gasteiger charge is 2.40. The average Bonchev–Trinajstić information content (AvgIpc) is 2.53. The zero-order chi connectivity index (χ0) is 18.7. The van der Waals surface area contributed by atoms with Crippen LogP contribution in [0.25, 0.3) is 0 Å². The van der Waals surface area contributed by atoms with E-state index in [1.807, 2.05) is 11.8 Å². The van der Waals surface area contributed by atoms with E-state index < -0.39 is 26.2 Å². The van der Waals surface area contributed by atoms with Crippen LogP contribution in [0.5, 0.6) is 0 Å². The van der Waals surface area contributed by atoms with Crippen molar-refractivity contribution in [3.8, 4) is 0 Å². The van der Waals surface area contributed by atoms with Gasteiger partial charge in [-0.05, 0) is 38.8 Å². The van der Waals surface area contributed by atoms with Crippen LogP contribution < -0.4 is 5.32 Å². The van der Waals surface area contributed by atoms with Gasteiger partial charge in [-0.2, -0.15) is 0 Å². The molecule has 5 nitrogen and oxygen atoms in total.